The molecule has 0 radical (unpaired) electrons. The van der Waals surface area contributed by atoms with E-state index in [1.165, 1.54) is 7.11 Å². The van der Waals surface area contributed by atoms with Crippen molar-refractivity contribution in [2.45, 2.75) is 0 Å². The molecule has 7 heteroatoms. The highest BCUT2D eigenvalue weighted by atomic mass is 16.5. The molecule has 0 spiro atoms. The largest absolute Gasteiger partial charge is 0.465 e. The van der Waals surface area contributed by atoms with Gasteiger partial charge in [0, 0.05) is 35.6 Å². The molecule has 6 rings (SSSR count). The molecular formula is C33H28N2O5. The van der Waals surface area contributed by atoms with Crippen LogP contribution in [0.4, 0.5) is 11.4 Å². The van der Waals surface area contributed by atoms with Crippen LogP contribution < -0.4 is 9.80 Å². The zero-order chi connectivity index (χ0) is 27.5. The second-order valence-electron chi connectivity index (χ2n) is 9.52. The molecule has 1 fully saturated rings. The second kappa shape index (κ2) is 11.1. The fourth-order valence-electron chi connectivity index (χ4n) is 4.95. The molecule has 0 saturated carbocycles. The van der Waals surface area contributed by atoms with Gasteiger partial charge in [0.2, 0.25) is 0 Å². The van der Waals surface area contributed by atoms with Crippen molar-refractivity contribution in [3.63, 3.8) is 0 Å². The number of methoxy groups -OCH3 is 1. The van der Waals surface area contributed by atoms with E-state index in [1.54, 1.807) is 35.2 Å². The van der Waals surface area contributed by atoms with E-state index in [4.69, 9.17) is 13.9 Å². The van der Waals surface area contributed by atoms with Gasteiger partial charge in [0.15, 0.2) is 0 Å². The molecule has 0 atom stereocenters. The quantitative estimate of drug-likeness (QED) is 0.223. The summed E-state index contributed by atoms with van der Waals surface area (Å²) in [5.74, 6) is 0.677. The Morgan fingerprint density at radius 2 is 1.52 bits per heavy atom. The standard InChI is InChI=1S/C33H28N2O5/c1-38-33(37)25-9-7-24(8-10-25)31-16-15-29(40-31)21-26-22-30(23-5-3-2-4-6-23)35(32(26)36)28-13-11-27(12-14-28)34-17-19-39-20-18-34/h2-16,21-22H,17-20H2,1H3/b26-21+. The lowest BCUT2D eigenvalue weighted by molar-refractivity contribution is -0.113. The van der Waals surface area contributed by atoms with E-state index in [-0.39, 0.29) is 5.91 Å². The Bertz CT molecular complexity index is 1580. The highest BCUT2D eigenvalue weighted by Crippen LogP contribution is 2.36. The minimum Gasteiger partial charge on any atom is -0.465 e. The number of carbonyl (C=O) groups is 2. The Morgan fingerprint density at radius 3 is 2.23 bits per heavy atom. The number of anilines is 2. The maximum Gasteiger partial charge on any atom is 0.337 e. The van der Waals surface area contributed by atoms with Gasteiger partial charge in [-0.25, -0.2) is 4.79 Å². The Balaban J connectivity index is 1.29. The van der Waals surface area contributed by atoms with Gasteiger partial charge < -0.3 is 18.8 Å². The van der Waals surface area contributed by atoms with E-state index in [0.29, 0.717) is 35.9 Å². The minimum atomic E-state index is -0.391. The number of benzene rings is 3. The molecule has 0 N–H and O–H groups in total. The van der Waals surface area contributed by atoms with Crippen molar-refractivity contribution in [1.29, 1.82) is 0 Å². The number of ether oxygens (including phenoxy) is 2. The van der Waals surface area contributed by atoms with Crippen molar-refractivity contribution in [2.24, 2.45) is 0 Å². The van der Waals surface area contributed by atoms with Gasteiger partial charge in [-0.3, -0.25) is 9.69 Å². The van der Waals surface area contributed by atoms with Gasteiger partial charge in [0.1, 0.15) is 11.5 Å². The molecule has 1 amide bonds. The van der Waals surface area contributed by atoms with Gasteiger partial charge in [-0.2, -0.15) is 0 Å². The van der Waals surface area contributed by atoms with Gasteiger partial charge in [-0.1, -0.05) is 42.5 Å². The van der Waals surface area contributed by atoms with Crippen LogP contribution in [0.3, 0.4) is 0 Å². The zero-order valence-electron chi connectivity index (χ0n) is 22.1. The van der Waals surface area contributed by atoms with Gasteiger partial charge in [-0.15, -0.1) is 0 Å². The SMILES string of the molecule is COC(=O)c1ccc(-c2ccc(/C=C3\C=C(c4ccccc4)N(c4ccc(N5CCOCC5)cc4)C3=O)o2)cc1. The Hall–Kier alpha value is -4.88. The molecule has 1 aromatic heterocycles. The number of amides is 1. The highest BCUT2D eigenvalue weighted by Gasteiger charge is 2.31. The van der Waals surface area contributed by atoms with Crippen molar-refractivity contribution in [3.8, 4) is 11.3 Å². The number of nitrogens with zero attached hydrogens (tertiary/aromatic N) is 2. The Labute approximate surface area is 232 Å². The van der Waals surface area contributed by atoms with Crippen LogP contribution in [0.15, 0.2) is 107 Å². The Morgan fingerprint density at radius 1 is 0.825 bits per heavy atom. The van der Waals surface area contributed by atoms with Crippen molar-refractivity contribution >= 4 is 35.0 Å². The third-order valence-electron chi connectivity index (χ3n) is 7.05. The molecule has 3 heterocycles. The summed E-state index contributed by atoms with van der Waals surface area (Å²) in [7, 11) is 1.35. The number of morpholine rings is 1. The number of hydrogen-bond donors (Lipinski definition) is 0. The van der Waals surface area contributed by atoms with Gasteiger partial charge in [-0.05, 0) is 66.2 Å². The number of hydrogen-bond acceptors (Lipinski definition) is 6. The summed E-state index contributed by atoms with van der Waals surface area (Å²) in [6, 6.07) is 28.7. The first-order chi connectivity index (χ1) is 19.6. The third-order valence-corrected chi connectivity index (χ3v) is 7.05. The molecule has 2 aliphatic heterocycles. The van der Waals surface area contributed by atoms with Crippen LogP contribution in [0.25, 0.3) is 23.1 Å². The van der Waals surface area contributed by atoms with Crippen molar-refractivity contribution in [2.75, 3.05) is 43.2 Å². The normalized spacial score (nSPS) is 16.4. The molecular weight excluding hydrogens is 504 g/mol. The summed E-state index contributed by atoms with van der Waals surface area (Å²) in [4.78, 5) is 29.6. The first-order valence-corrected chi connectivity index (χ1v) is 13.2. The summed E-state index contributed by atoms with van der Waals surface area (Å²) in [5.41, 5.74) is 5.47. The average molecular weight is 533 g/mol. The third kappa shape index (κ3) is 5.07. The lowest BCUT2D eigenvalue weighted by atomic mass is 10.1. The van der Waals surface area contributed by atoms with Crippen molar-refractivity contribution in [3.05, 3.63) is 120 Å². The van der Waals surface area contributed by atoms with Crippen LogP contribution in [0.5, 0.6) is 0 Å². The average Bonchev–Trinajstić information content (AvgIpc) is 3.62. The van der Waals surface area contributed by atoms with E-state index in [0.717, 1.165) is 41.3 Å². The molecule has 2 aliphatic rings. The van der Waals surface area contributed by atoms with Crippen molar-refractivity contribution in [1.82, 2.24) is 0 Å². The first-order valence-electron chi connectivity index (χ1n) is 13.2. The van der Waals surface area contributed by atoms with Gasteiger partial charge in [0.25, 0.3) is 5.91 Å². The van der Waals surface area contributed by atoms with E-state index in [9.17, 15) is 9.59 Å². The Kier molecular flexibility index (Phi) is 7.04. The smallest absolute Gasteiger partial charge is 0.337 e. The predicted octanol–water partition coefficient (Wildman–Crippen LogP) is 6.04. The molecule has 4 aromatic rings. The fraction of sp³-hybridized carbons (Fsp3) is 0.152. The highest BCUT2D eigenvalue weighted by molar-refractivity contribution is 6.23. The van der Waals surface area contributed by atoms with Crippen LogP contribution in [-0.4, -0.2) is 45.3 Å². The maximum atomic E-state index is 13.8. The first kappa shape index (κ1) is 25.4. The van der Waals surface area contributed by atoms with Crippen LogP contribution in [0.2, 0.25) is 0 Å². The van der Waals surface area contributed by atoms with Crippen LogP contribution in [0.1, 0.15) is 21.7 Å². The summed E-state index contributed by atoms with van der Waals surface area (Å²) in [6.07, 6.45) is 3.67. The van der Waals surface area contributed by atoms with Crippen LogP contribution in [0, 0.1) is 0 Å². The van der Waals surface area contributed by atoms with E-state index in [1.807, 2.05) is 60.7 Å². The lowest BCUT2D eigenvalue weighted by Gasteiger charge is -2.29. The summed E-state index contributed by atoms with van der Waals surface area (Å²) in [6.45, 7) is 3.14. The minimum absolute atomic E-state index is 0.127. The molecule has 7 nitrogen and oxygen atoms in total. The van der Waals surface area contributed by atoms with Gasteiger partial charge >= 0.3 is 5.97 Å². The lowest BCUT2D eigenvalue weighted by Crippen LogP contribution is -2.36. The molecule has 40 heavy (non-hydrogen) atoms. The molecule has 0 bridgehead atoms. The van der Waals surface area contributed by atoms with Crippen molar-refractivity contribution < 1.29 is 23.5 Å². The number of carbonyl (C=O) groups excluding carboxylic acids is 2. The molecule has 0 unspecified atom stereocenters. The molecule has 0 aliphatic carbocycles. The van der Waals surface area contributed by atoms with E-state index in [2.05, 4.69) is 17.0 Å². The number of rotatable bonds is 6. The molecule has 3 aromatic carbocycles. The summed E-state index contributed by atoms with van der Waals surface area (Å²) >= 11 is 0. The second-order valence-corrected chi connectivity index (χ2v) is 9.52. The van der Waals surface area contributed by atoms with E-state index >= 15 is 0 Å². The fourth-order valence-corrected chi connectivity index (χ4v) is 4.95. The summed E-state index contributed by atoms with van der Waals surface area (Å²) in [5, 5.41) is 0. The number of furan rings is 1. The summed E-state index contributed by atoms with van der Waals surface area (Å²) < 4.78 is 16.3. The van der Waals surface area contributed by atoms with Crippen LogP contribution in [-0.2, 0) is 14.3 Å². The van der Waals surface area contributed by atoms with E-state index < -0.39 is 5.97 Å². The van der Waals surface area contributed by atoms with Gasteiger partial charge in [0.05, 0.1) is 31.6 Å². The predicted molar refractivity (Wildman–Crippen MR) is 155 cm³/mol. The topological polar surface area (TPSA) is 72.2 Å². The number of esters is 1. The zero-order valence-corrected chi connectivity index (χ0v) is 22.1. The molecule has 1 saturated heterocycles. The maximum absolute atomic E-state index is 13.8. The van der Waals surface area contributed by atoms with Crippen LogP contribution >= 0.6 is 0 Å². The monoisotopic (exact) mass is 532 g/mol. The molecule has 200 valence electrons.